The molecule has 1 amide bonds. The third-order valence-electron chi connectivity index (χ3n) is 2.49. The van der Waals surface area contributed by atoms with Gasteiger partial charge in [0.2, 0.25) is 0 Å². The number of H-pyrrole nitrogens is 1. The van der Waals surface area contributed by atoms with Gasteiger partial charge in [-0.05, 0) is 35.9 Å². The zero-order valence-electron chi connectivity index (χ0n) is 10.1. The lowest BCUT2D eigenvalue weighted by atomic mass is 10.2. The molecule has 0 fully saturated rings. The summed E-state index contributed by atoms with van der Waals surface area (Å²) >= 11 is 0. The maximum Gasteiger partial charge on any atom is 0.262 e. The van der Waals surface area contributed by atoms with Gasteiger partial charge in [0, 0.05) is 30.8 Å². The van der Waals surface area contributed by atoms with Crippen molar-refractivity contribution < 1.29 is 4.79 Å². The Morgan fingerprint density at radius 1 is 1.42 bits per heavy atom. The summed E-state index contributed by atoms with van der Waals surface area (Å²) in [6.45, 7) is 0.366. The van der Waals surface area contributed by atoms with Crippen LogP contribution < -0.4 is 5.32 Å². The van der Waals surface area contributed by atoms with Crippen LogP contribution in [0.1, 0.15) is 11.3 Å². The van der Waals surface area contributed by atoms with E-state index in [4.69, 9.17) is 5.26 Å². The van der Waals surface area contributed by atoms with Gasteiger partial charge in [0.05, 0.1) is 0 Å². The Bertz CT molecular complexity index is 609. The summed E-state index contributed by atoms with van der Waals surface area (Å²) in [5.74, 6) is -0.395. The number of nitriles is 1. The molecule has 0 atom stereocenters. The summed E-state index contributed by atoms with van der Waals surface area (Å²) in [5, 5.41) is 11.7. The molecule has 2 heterocycles. The van der Waals surface area contributed by atoms with E-state index in [1.165, 1.54) is 6.08 Å². The average molecular weight is 252 g/mol. The van der Waals surface area contributed by atoms with E-state index in [0.717, 1.165) is 11.3 Å². The van der Waals surface area contributed by atoms with E-state index in [1.807, 2.05) is 6.07 Å². The first-order valence-corrected chi connectivity index (χ1v) is 5.72. The molecule has 0 saturated heterocycles. The zero-order valence-corrected chi connectivity index (χ0v) is 10.1. The quantitative estimate of drug-likeness (QED) is 0.641. The van der Waals surface area contributed by atoms with Crippen molar-refractivity contribution in [2.24, 2.45) is 0 Å². The van der Waals surface area contributed by atoms with Gasteiger partial charge in [0.15, 0.2) is 0 Å². The molecule has 5 heteroatoms. The number of aromatic nitrogens is 2. The fourth-order valence-corrected chi connectivity index (χ4v) is 1.52. The minimum absolute atomic E-state index is 0.0662. The van der Waals surface area contributed by atoms with Crippen LogP contribution in [-0.4, -0.2) is 15.9 Å². The Balaban J connectivity index is 2.01. The third kappa shape index (κ3) is 3.54. The van der Waals surface area contributed by atoms with Crippen molar-refractivity contribution in [2.45, 2.75) is 6.54 Å². The van der Waals surface area contributed by atoms with Crippen LogP contribution in [0.3, 0.4) is 0 Å². The van der Waals surface area contributed by atoms with Crippen molar-refractivity contribution in [3.05, 3.63) is 59.7 Å². The minimum atomic E-state index is -0.395. The first-order valence-electron chi connectivity index (χ1n) is 5.72. The van der Waals surface area contributed by atoms with Crippen molar-refractivity contribution in [3.8, 4) is 6.07 Å². The molecule has 0 aromatic carbocycles. The predicted molar refractivity (Wildman–Crippen MR) is 70.5 cm³/mol. The van der Waals surface area contributed by atoms with Gasteiger partial charge in [0.25, 0.3) is 5.91 Å². The molecule has 0 unspecified atom stereocenters. The monoisotopic (exact) mass is 252 g/mol. The highest BCUT2D eigenvalue weighted by Gasteiger charge is 2.08. The van der Waals surface area contributed by atoms with Crippen molar-refractivity contribution in [3.63, 3.8) is 0 Å². The molecular weight excluding hydrogens is 240 g/mol. The Morgan fingerprint density at radius 2 is 2.21 bits per heavy atom. The third-order valence-corrected chi connectivity index (χ3v) is 2.49. The van der Waals surface area contributed by atoms with E-state index in [2.05, 4.69) is 15.3 Å². The van der Waals surface area contributed by atoms with Crippen molar-refractivity contribution in [2.75, 3.05) is 0 Å². The molecular formula is C14H12N4O. The molecule has 0 saturated carbocycles. The number of amides is 1. The standard InChI is InChI=1S/C14H12N4O/c15-9-12(8-13-2-1-5-17-13)14(19)18-10-11-3-6-16-7-4-11/h1-8,17H,10H2,(H,18,19)/b12-8-. The topological polar surface area (TPSA) is 81.6 Å². The molecule has 0 spiro atoms. The number of rotatable bonds is 4. The number of nitrogens with zero attached hydrogens (tertiary/aromatic N) is 2. The van der Waals surface area contributed by atoms with Crippen LogP contribution in [-0.2, 0) is 11.3 Å². The Labute approximate surface area is 110 Å². The highest BCUT2D eigenvalue weighted by molar-refractivity contribution is 6.01. The van der Waals surface area contributed by atoms with Gasteiger partial charge < -0.3 is 10.3 Å². The van der Waals surface area contributed by atoms with Crippen LogP contribution in [0.5, 0.6) is 0 Å². The number of pyridine rings is 1. The fourth-order valence-electron chi connectivity index (χ4n) is 1.52. The van der Waals surface area contributed by atoms with Crippen LogP contribution in [0.4, 0.5) is 0 Å². The van der Waals surface area contributed by atoms with E-state index in [1.54, 1.807) is 42.9 Å². The van der Waals surface area contributed by atoms with Crippen LogP contribution in [0, 0.1) is 11.3 Å². The van der Waals surface area contributed by atoms with Crippen LogP contribution in [0.2, 0.25) is 0 Å². The Morgan fingerprint density at radius 3 is 2.84 bits per heavy atom. The van der Waals surface area contributed by atoms with Crippen LogP contribution in [0.25, 0.3) is 6.08 Å². The van der Waals surface area contributed by atoms with E-state index in [-0.39, 0.29) is 5.57 Å². The normalized spacial score (nSPS) is 10.8. The van der Waals surface area contributed by atoms with Gasteiger partial charge in [-0.3, -0.25) is 9.78 Å². The van der Waals surface area contributed by atoms with Gasteiger partial charge in [-0.15, -0.1) is 0 Å². The van der Waals surface area contributed by atoms with Gasteiger partial charge in [0.1, 0.15) is 11.6 Å². The molecule has 2 aromatic heterocycles. The average Bonchev–Trinajstić information content (AvgIpc) is 2.96. The lowest BCUT2D eigenvalue weighted by molar-refractivity contribution is -0.117. The number of carbonyl (C=O) groups is 1. The zero-order chi connectivity index (χ0) is 13.5. The second-order valence-corrected chi connectivity index (χ2v) is 3.83. The fraction of sp³-hybridized carbons (Fsp3) is 0.0714. The highest BCUT2D eigenvalue weighted by atomic mass is 16.1. The number of carbonyl (C=O) groups excluding carboxylic acids is 1. The van der Waals surface area contributed by atoms with Gasteiger partial charge in [-0.1, -0.05) is 0 Å². The van der Waals surface area contributed by atoms with E-state index in [0.29, 0.717) is 6.54 Å². The molecule has 0 aliphatic rings. The van der Waals surface area contributed by atoms with Crippen molar-refractivity contribution in [1.82, 2.24) is 15.3 Å². The second kappa shape index (κ2) is 6.17. The molecule has 0 aliphatic carbocycles. The summed E-state index contributed by atoms with van der Waals surface area (Å²) in [7, 11) is 0. The number of hydrogen-bond donors (Lipinski definition) is 2. The summed E-state index contributed by atoms with van der Waals surface area (Å²) in [4.78, 5) is 18.7. The number of hydrogen-bond acceptors (Lipinski definition) is 3. The SMILES string of the molecule is N#C/C(=C/c1ccc[nH]1)C(=O)NCc1ccncc1. The molecule has 2 rings (SSSR count). The smallest absolute Gasteiger partial charge is 0.262 e. The first-order chi connectivity index (χ1) is 9.29. The Hall–Kier alpha value is -2.87. The Kier molecular flexibility index (Phi) is 4.09. The summed E-state index contributed by atoms with van der Waals surface area (Å²) in [5.41, 5.74) is 1.72. The molecule has 2 aromatic rings. The van der Waals surface area contributed by atoms with Crippen LogP contribution in [0.15, 0.2) is 48.4 Å². The molecule has 0 bridgehead atoms. The predicted octanol–water partition coefficient (Wildman–Crippen LogP) is 1.63. The maximum atomic E-state index is 11.8. The molecule has 2 N–H and O–H groups in total. The van der Waals surface area contributed by atoms with Gasteiger partial charge in [-0.2, -0.15) is 5.26 Å². The summed E-state index contributed by atoms with van der Waals surface area (Å²) < 4.78 is 0. The molecule has 19 heavy (non-hydrogen) atoms. The molecule has 0 radical (unpaired) electrons. The summed E-state index contributed by atoms with van der Waals surface area (Å²) in [6.07, 6.45) is 6.56. The van der Waals surface area contributed by atoms with Gasteiger partial charge in [-0.25, -0.2) is 0 Å². The van der Waals surface area contributed by atoms with Gasteiger partial charge >= 0.3 is 0 Å². The minimum Gasteiger partial charge on any atom is -0.362 e. The lowest BCUT2D eigenvalue weighted by Crippen LogP contribution is -2.23. The van der Waals surface area contributed by atoms with E-state index >= 15 is 0 Å². The summed E-state index contributed by atoms with van der Waals surface area (Å²) in [6, 6.07) is 9.09. The second-order valence-electron chi connectivity index (χ2n) is 3.83. The van der Waals surface area contributed by atoms with Crippen molar-refractivity contribution >= 4 is 12.0 Å². The highest BCUT2D eigenvalue weighted by Crippen LogP contribution is 2.04. The van der Waals surface area contributed by atoms with Crippen molar-refractivity contribution in [1.29, 1.82) is 5.26 Å². The largest absolute Gasteiger partial charge is 0.362 e. The maximum absolute atomic E-state index is 11.8. The van der Waals surface area contributed by atoms with E-state index in [9.17, 15) is 4.79 Å². The molecule has 5 nitrogen and oxygen atoms in total. The van der Waals surface area contributed by atoms with E-state index < -0.39 is 5.91 Å². The molecule has 94 valence electrons. The number of nitrogens with one attached hydrogen (secondary N) is 2. The first kappa shape index (κ1) is 12.6. The van der Waals surface area contributed by atoms with Crippen LogP contribution >= 0.6 is 0 Å². The molecule has 0 aliphatic heterocycles. The lowest BCUT2D eigenvalue weighted by Gasteiger charge is -2.03. The number of aromatic amines is 1.